The molecule has 1 saturated heterocycles. The van der Waals surface area contributed by atoms with Crippen LogP contribution in [0, 0.1) is 12.7 Å². The molecule has 6 heteroatoms. The summed E-state index contributed by atoms with van der Waals surface area (Å²) < 4.78 is 18.7. The van der Waals surface area contributed by atoms with E-state index >= 15 is 0 Å². The Morgan fingerprint density at radius 3 is 2.91 bits per heavy atom. The molecule has 1 aliphatic heterocycles. The number of halogens is 1. The van der Waals surface area contributed by atoms with Gasteiger partial charge < -0.3 is 9.64 Å². The zero-order valence-electron chi connectivity index (χ0n) is 13.1. The Labute approximate surface area is 134 Å². The van der Waals surface area contributed by atoms with Gasteiger partial charge in [-0.3, -0.25) is 4.79 Å². The number of benzene rings is 1. The third-order valence-corrected chi connectivity index (χ3v) is 4.05. The van der Waals surface area contributed by atoms with Crippen molar-refractivity contribution >= 4 is 5.91 Å². The first-order valence-corrected chi connectivity index (χ1v) is 7.54. The predicted molar refractivity (Wildman–Crippen MR) is 82.7 cm³/mol. The van der Waals surface area contributed by atoms with Gasteiger partial charge >= 0.3 is 0 Å². The molecule has 1 fully saturated rings. The first-order valence-electron chi connectivity index (χ1n) is 7.54. The van der Waals surface area contributed by atoms with Gasteiger partial charge in [0.2, 0.25) is 0 Å². The third-order valence-electron chi connectivity index (χ3n) is 4.05. The minimum atomic E-state index is -0.535. The Bertz CT molecular complexity index is 736. The minimum Gasteiger partial charge on any atom is -0.494 e. The Balaban J connectivity index is 1.87. The molecular formula is C17H18FN3O2. The maximum atomic E-state index is 13.9. The van der Waals surface area contributed by atoms with Gasteiger partial charge in [0.25, 0.3) is 5.91 Å². The monoisotopic (exact) mass is 315 g/mol. The molecule has 1 atom stereocenters. The van der Waals surface area contributed by atoms with E-state index in [2.05, 4.69) is 9.97 Å². The Kier molecular flexibility index (Phi) is 4.23. The summed E-state index contributed by atoms with van der Waals surface area (Å²) in [5, 5.41) is 0. The van der Waals surface area contributed by atoms with Crippen LogP contribution >= 0.6 is 0 Å². The van der Waals surface area contributed by atoms with Gasteiger partial charge in [-0.15, -0.1) is 0 Å². The van der Waals surface area contributed by atoms with Crippen LogP contribution in [-0.4, -0.2) is 34.4 Å². The van der Waals surface area contributed by atoms with Crippen LogP contribution in [0.15, 0.2) is 30.5 Å². The number of hydrogen-bond acceptors (Lipinski definition) is 4. The van der Waals surface area contributed by atoms with E-state index in [1.54, 1.807) is 17.2 Å². The molecule has 0 radical (unpaired) electrons. The molecule has 2 heterocycles. The largest absolute Gasteiger partial charge is 0.494 e. The predicted octanol–water partition coefficient (Wildman–Crippen LogP) is 2.91. The highest BCUT2D eigenvalue weighted by Crippen LogP contribution is 2.32. The highest BCUT2D eigenvalue weighted by atomic mass is 19.1. The van der Waals surface area contributed by atoms with Crippen molar-refractivity contribution in [3.8, 4) is 5.75 Å². The lowest BCUT2D eigenvalue weighted by molar-refractivity contribution is 0.0732. The SMILES string of the molecule is COc1ccc(C(=O)N2CCCC2c2ccnc(C)n2)cc1F. The van der Waals surface area contributed by atoms with Crippen LogP contribution in [0.25, 0.3) is 0 Å². The fourth-order valence-electron chi connectivity index (χ4n) is 2.94. The van der Waals surface area contributed by atoms with Gasteiger partial charge in [-0.25, -0.2) is 14.4 Å². The molecule has 120 valence electrons. The van der Waals surface area contributed by atoms with Crippen molar-refractivity contribution in [2.75, 3.05) is 13.7 Å². The molecule has 23 heavy (non-hydrogen) atoms. The van der Waals surface area contributed by atoms with Crippen molar-refractivity contribution in [3.63, 3.8) is 0 Å². The quantitative estimate of drug-likeness (QED) is 0.874. The maximum absolute atomic E-state index is 13.9. The second-order valence-electron chi connectivity index (χ2n) is 5.53. The van der Waals surface area contributed by atoms with Crippen LogP contribution in [0.1, 0.15) is 40.8 Å². The topological polar surface area (TPSA) is 55.3 Å². The van der Waals surface area contributed by atoms with Gasteiger partial charge in [-0.2, -0.15) is 0 Å². The van der Waals surface area contributed by atoms with Crippen LogP contribution in [-0.2, 0) is 0 Å². The molecule has 1 aliphatic rings. The summed E-state index contributed by atoms with van der Waals surface area (Å²) in [6.45, 7) is 2.46. The highest BCUT2D eigenvalue weighted by Gasteiger charge is 2.31. The van der Waals surface area contributed by atoms with Gasteiger partial charge in [0.1, 0.15) is 5.82 Å². The molecule has 0 N–H and O–H groups in total. The summed E-state index contributed by atoms with van der Waals surface area (Å²) in [6, 6.07) is 6.03. The lowest BCUT2D eigenvalue weighted by Crippen LogP contribution is -2.31. The van der Waals surface area contributed by atoms with Gasteiger partial charge in [-0.1, -0.05) is 0 Å². The van der Waals surface area contributed by atoms with Gasteiger partial charge in [0, 0.05) is 18.3 Å². The van der Waals surface area contributed by atoms with Crippen LogP contribution in [0.2, 0.25) is 0 Å². The fraction of sp³-hybridized carbons (Fsp3) is 0.353. The van der Waals surface area contributed by atoms with Crippen molar-refractivity contribution in [1.82, 2.24) is 14.9 Å². The number of ether oxygens (including phenoxy) is 1. The number of rotatable bonds is 3. The summed E-state index contributed by atoms with van der Waals surface area (Å²) in [7, 11) is 1.40. The summed E-state index contributed by atoms with van der Waals surface area (Å²) >= 11 is 0. The molecule has 0 bridgehead atoms. The second kappa shape index (κ2) is 6.32. The highest BCUT2D eigenvalue weighted by molar-refractivity contribution is 5.94. The smallest absolute Gasteiger partial charge is 0.254 e. The number of aryl methyl sites for hydroxylation is 1. The molecule has 0 saturated carbocycles. The Morgan fingerprint density at radius 1 is 1.39 bits per heavy atom. The maximum Gasteiger partial charge on any atom is 0.254 e. The number of aromatic nitrogens is 2. The van der Waals surface area contributed by atoms with Crippen molar-refractivity contribution in [3.05, 3.63) is 53.4 Å². The van der Waals surface area contributed by atoms with Crippen LogP contribution < -0.4 is 4.74 Å². The van der Waals surface area contributed by atoms with E-state index in [1.807, 2.05) is 13.0 Å². The zero-order chi connectivity index (χ0) is 16.4. The van der Waals surface area contributed by atoms with Crippen LogP contribution in [0.4, 0.5) is 4.39 Å². The lowest BCUT2D eigenvalue weighted by atomic mass is 10.1. The second-order valence-corrected chi connectivity index (χ2v) is 5.53. The van der Waals surface area contributed by atoms with Crippen LogP contribution in [0.5, 0.6) is 5.75 Å². The van der Waals surface area contributed by atoms with Crippen molar-refractivity contribution < 1.29 is 13.9 Å². The van der Waals surface area contributed by atoms with Gasteiger partial charge in [-0.05, 0) is 44.0 Å². The molecule has 0 spiro atoms. The summed E-state index contributed by atoms with van der Waals surface area (Å²) in [5.41, 5.74) is 1.15. The zero-order valence-corrected chi connectivity index (χ0v) is 13.1. The number of amides is 1. The molecule has 3 rings (SSSR count). The van der Waals surface area contributed by atoms with Crippen LogP contribution in [0.3, 0.4) is 0 Å². The van der Waals surface area contributed by atoms with E-state index in [1.165, 1.54) is 19.2 Å². The van der Waals surface area contributed by atoms with E-state index in [9.17, 15) is 9.18 Å². The number of nitrogens with zero attached hydrogens (tertiary/aromatic N) is 3. The molecule has 1 amide bonds. The van der Waals surface area contributed by atoms with Gasteiger partial charge in [0.15, 0.2) is 11.6 Å². The Hall–Kier alpha value is -2.50. The standard InChI is InChI=1S/C17H18FN3O2/c1-11-19-8-7-14(20-11)15-4-3-9-21(15)17(22)12-5-6-16(23-2)13(18)10-12/h5-8,10,15H,3-4,9H2,1-2H3. The molecule has 1 aromatic carbocycles. The number of likely N-dealkylation sites (tertiary alicyclic amines) is 1. The average molecular weight is 315 g/mol. The van der Waals surface area contributed by atoms with E-state index < -0.39 is 5.82 Å². The van der Waals surface area contributed by atoms with Crippen molar-refractivity contribution in [2.24, 2.45) is 0 Å². The number of carbonyl (C=O) groups excluding carboxylic acids is 1. The van der Waals surface area contributed by atoms with Crippen molar-refractivity contribution in [2.45, 2.75) is 25.8 Å². The van der Waals surface area contributed by atoms with E-state index in [0.29, 0.717) is 17.9 Å². The summed E-state index contributed by atoms with van der Waals surface area (Å²) in [5.74, 6) is 0.0838. The third kappa shape index (κ3) is 3.02. The summed E-state index contributed by atoms with van der Waals surface area (Å²) in [6.07, 6.45) is 3.45. The van der Waals surface area contributed by atoms with E-state index in [0.717, 1.165) is 18.5 Å². The average Bonchev–Trinajstić information content (AvgIpc) is 3.03. The molecular weight excluding hydrogens is 297 g/mol. The molecule has 2 aromatic rings. The molecule has 1 unspecified atom stereocenters. The first kappa shape index (κ1) is 15.4. The number of methoxy groups -OCH3 is 1. The fourth-order valence-corrected chi connectivity index (χ4v) is 2.94. The van der Waals surface area contributed by atoms with E-state index in [-0.39, 0.29) is 17.7 Å². The van der Waals surface area contributed by atoms with E-state index in [4.69, 9.17) is 4.74 Å². The number of carbonyl (C=O) groups is 1. The molecule has 5 nitrogen and oxygen atoms in total. The van der Waals surface area contributed by atoms with Gasteiger partial charge in [0.05, 0.1) is 18.8 Å². The lowest BCUT2D eigenvalue weighted by Gasteiger charge is -2.24. The normalized spacial score (nSPS) is 17.3. The summed E-state index contributed by atoms with van der Waals surface area (Å²) in [4.78, 5) is 23.0. The Morgan fingerprint density at radius 2 is 2.22 bits per heavy atom. The molecule has 0 aliphatic carbocycles. The molecule has 1 aromatic heterocycles. The van der Waals surface area contributed by atoms with Crippen molar-refractivity contribution in [1.29, 1.82) is 0 Å². The minimum absolute atomic E-state index is 0.0886. The number of hydrogen-bond donors (Lipinski definition) is 0. The first-order chi connectivity index (χ1) is 11.1.